The molecule has 2 atom stereocenters. The summed E-state index contributed by atoms with van der Waals surface area (Å²) in [6.45, 7) is 4.28. The maximum atomic E-state index is 12.3. The van der Waals surface area contributed by atoms with Gasteiger partial charge in [-0.3, -0.25) is 4.79 Å². The molecular weight excluding hydrogens is 578 g/mol. The first-order chi connectivity index (χ1) is 23.2. The van der Waals surface area contributed by atoms with Gasteiger partial charge in [0.2, 0.25) is 5.91 Å². The number of unbranched alkanes of at least 4 members (excludes halogenated alkanes) is 23. The number of aliphatic hydroxyl groups excluding tert-OH is 2. The van der Waals surface area contributed by atoms with Gasteiger partial charge >= 0.3 is 0 Å². The van der Waals surface area contributed by atoms with E-state index in [1.54, 1.807) is 6.08 Å². The van der Waals surface area contributed by atoms with Crippen LogP contribution in [0.3, 0.4) is 0 Å². The minimum atomic E-state index is -0.871. The van der Waals surface area contributed by atoms with Crippen LogP contribution in [0.1, 0.15) is 200 Å². The molecule has 0 saturated carbocycles. The average Bonchev–Trinajstić information content (AvgIpc) is 3.07. The first-order valence-corrected chi connectivity index (χ1v) is 20.4. The molecule has 4 heteroatoms. The summed E-state index contributed by atoms with van der Waals surface area (Å²) in [5.41, 5.74) is 0. The van der Waals surface area contributed by atoms with Crippen LogP contribution >= 0.6 is 0 Å². The van der Waals surface area contributed by atoms with E-state index in [4.69, 9.17) is 0 Å². The van der Waals surface area contributed by atoms with Crippen molar-refractivity contribution in [1.29, 1.82) is 0 Å². The molecule has 3 N–H and O–H groups in total. The molecule has 0 aliphatic carbocycles. The molecule has 1 amide bonds. The summed E-state index contributed by atoms with van der Waals surface area (Å²) < 4.78 is 0. The molecule has 0 aromatic heterocycles. The Bertz CT molecular complexity index is 756. The van der Waals surface area contributed by atoms with Crippen LogP contribution in [0.2, 0.25) is 0 Å². The topological polar surface area (TPSA) is 69.6 Å². The number of hydrogen-bond acceptors (Lipinski definition) is 3. The second-order valence-electron chi connectivity index (χ2n) is 13.7. The minimum Gasteiger partial charge on any atom is -0.394 e. The number of allylic oxidation sites excluding steroid dienone is 7. The molecule has 0 aliphatic rings. The van der Waals surface area contributed by atoms with Crippen molar-refractivity contribution in [3.05, 3.63) is 48.6 Å². The highest BCUT2D eigenvalue weighted by molar-refractivity contribution is 5.76. The van der Waals surface area contributed by atoms with Crippen molar-refractivity contribution in [2.75, 3.05) is 6.61 Å². The van der Waals surface area contributed by atoms with Crippen LogP contribution in [0.25, 0.3) is 0 Å². The van der Waals surface area contributed by atoms with Gasteiger partial charge in [-0.2, -0.15) is 0 Å². The molecule has 274 valence electrons. The van der Waals surface area contributed by atoms with Crippen LogP contribution < -0.4 is 5.32 Å². The molecule has 0 rings (SSSR count). The molecule has 0 bridgehead atoms. The van der Waals surface area contributed by atoms with Crippen LogP contribution in [0.4, 0.5) is 0 Å². The van der Waals surface area contributed by atoms with Crippen molar-refractivity contribution in [3.63, 3.8) is 0 Å². The van der Waals surface area contributed by atoms with Crippen LogP contribution in [0, 0.1) is 0 Å². The Hall–Kier alpha value is -1.65. The highest BCUT2D eigenvalue weighted by Crippen LogP contribution is 2.12. The van der Waals surface area contributed by atoms with E-state index in [-0.39, 0.29) is 12.5 Å². The Kier molecular flexibility index (Phi) is 37.4. The third kappa shape index (κ3) is 35.5. The van der Waals surface area contributed by atoms with Gasteiger partial charge in [-0.25, -0.2) is 0 Å². The second-order valence-corrected chi connectivity index (χ2v) is 13.7. The van der Waals surface area contributed by atoms with Crippen molar-refractivity contribution >= 4 is 5.91 Å². The van der Waals surface area contributed by atoms with Crippen molar-refractivity contribution < 1.29 is 15.0 Å². The molecule has 2 unspecified atom stereocenters. The number of amides is 1. The number of aliphatic hydroxyl groups is 2. The summed E-state index contributed by atoms with van der Waals surface area (Å²) in [7, 11) is 0. The minimum absolute atomic E-state index is 0.0841. The van der Waals surface area contributed by atoms with Gasteiger partial charge in [-0.1, -0.05) is 172 Å². The predicted molar refractivity (Wildman–Crippen MR) is 207 cm³/mol. The summed E-state index contributed by atoms with van der Waals surface area (Å²) in [6.07, 6.45) is 52.0. The fourth-order valence-electron chi connectivity index (χ4n) is 5.85. The molecule has 0 aromatic carbocycles. The lowest BCUT2D eigenvalue weighted by Crippen LogP contribution is -2.45. The van der Waals surface area contributed by atoms with E-state index in [2.05, 4.69) is 55.6 Å². The van der Waals surface area contributed by atoms with Crippen molar-refractivity contribution in [3.8, 4) is 0 Å². The molecular formula is C43H79NO3. The molecule has 4 nitrogen and oxygen atoms in total. The predicted octanol–water partition coefficient (Wildman–Crippen LogP) is 12.4. The van der Waals surface area contributed by atoms with Gasteiger partial charge in [-0.15, -0.1) is 0 Å². The van der Waals surface area contributed by atoms with Gasteiger partial charge in [-0.05, 0) is 70.6 Å². The summed E-state index contributed by atoms with van der Waals surface area (Å²) in [6, 6.07) is -0.647. The van der Waals surface area contributed by atoms with Crippen molar-refractivity contribution in [2.45, 2.75) is 212 Å². The largest absolute Gasteiger partial charge is 0.394 e. The maximum absolute atomic E-state index is 12.3. The molecule has 0 heterocycles. The standard InChI is InChI=1S/C43H79NO3/c1-3-5-7-9-11-13-15-17-19-21-23-25-27-29-31-33-35-37-39-43(47)44-41(40-45)42(46)38-36-34-32-30-28-26-24-22-20-18-16-14-12-10-8-6-4-2/h19-22,28,30,36,38,41-42,45-46H,3-18,23-27,29,31-35,37,39-40H2,1-2H3,(H,44,47)/b21-19-,22-20+,30-28+,38-36+. The Balaban J connectivity index is 3.68. The van der Waals surface area contributed by atoms with E-state index in [1.807, 2.05) is 6.08 Å². The number of rotatable bonds is 36. The van der Waals surface area contributed by atoms with Crippen LogP contribution in [0.15, 0.2) is 48.6 Å². The van der Waals surface area contributed by atoms with E-state index in [1.165, 1.54) is 141 Å². The smallest absolute Gasteiger partial charge is 0.220 e. The van der Waals surface area contributed by atoms with Gasteiger partial charge < -0.3 is 15.5 Å². The van der Waals surface area contributed by atoms with Crippen molar-refractivity contribution in [1.82, 2.24) is 5.32 Å². The van der Waals surface area contributed by atoms with Gasteiger partial charge in [0.1, 0.15) is 0 Å². The monoisotopic (exact) mass is 658 g/mol. The summed E-state index contributed by atoms with van der Waals surface area (Å²) in [5, 5.41) is 22.9. The molecule has 0 aromatic rings. The van der Waals surface area contributed by atoms with E-state index in [0.29, 0.717) is 6.42 Å². The average molecular weight is 658 g/mol. The molecule has 0 aliphatic heterocycles. The zero-order valence-corrected chi connectivity index (χ0v) is 31.3. The number of hydrogen-bond donors (Lipinski definition) is 3. The Morgan fingerprint density at radius 2 is 0.830 bits per heavy atom. The number of nitrogens with one attached hydrogen (secondary N) is 1. The third-order valence-electron chi connectivity index (χ3n) is 9.01. The zero-order valence-electron chi connectivity index (χ0n) is 31.3. The first-order valence-electron chi connectivity index (χ1n) is 20.4. The van der Waals surface area contributed by atoms with Gasteiger partial charge in [0.15, 0.2) is 0 Å². The lowest BCUT2D eigenvalue weighted by Gasteiger charge is -2.19. The lowest BCUT2D eigenvalue weighted by atomic mass is 10.1. The van der Waals surface area contributed by atoms with Gasteiger partial charge in [0.05, 0.1) is 18.8 Å². The third-order valence-corrected chi connectivity index (χ3v) is 9.01. The van der Waals surface area contributed by atoms with E-state index in [9.17, 15) is 15.0 Å². The van der Waals surface area contributed by atoms with E-state index in [0.717, 1.165) is 38.5 Å². The number of carbonyl (C=O) groups is 1. The lowest BCUT2D eigenvalue weighted by molar-refractivity contribution is -0.123. The van der Waals surface area contributed by atoms with E-state index < -0.39 is 12.1 Å². The number of carbonyl (C=O) groups excluding carboxylic acids is 1. The quantitative estimate of drug-likeness (QED) is 0.0464. The summed E-state index contributed by atoms with van der Waals surface area (Å²) >= 11 is 0. The van der Waals surface area contributed by atoms with Crippen LogP contribution in [-0.2, 0) is 4.79 Å². The first kappa shape index (κ1) is 45.3. The van der Waals surface area contributed by atoms with Gasteiger partial charge in [0, 0.05) is 6.42 Å². The molecule has 47 heavy (non-hydrogen) atoms. The zero-order chi connectivity index (χ0) is 34.3. The maximum Gasteiger partial charge on any atom is 0.220 e. The Labute approximate surface area is 293 Å². The van der Waals surface area contributed by atoms with Crippen LogP contribution in [-0.4, -0.2) is 34.9 Å². The molecule has 0 saturated heterocycles. The van der Waals surface area contributed by atoms with Crippen molar-refractivity contribution in [2.24, 2.45) is 0 Å². The Morgan fingerprint density at radius 3 is 1.23 bits per heavy atom. The fraction of sp³-hybridized carbons (Fsp3) is 0.791. The fourth-order valence-corrected chi connectivity index (χ4v) is 5.85. The SMILES string of the molecule is CCCCCCCCC/C=C\CCCCCCCCCC(=O)NC(CO)C(O)/C=C/CC/C=C/CC/C=C/CCCCCCCCC. The summed E-state index contributed by atoms with van der Waals surface area (Å²) in [4.78, 5) is 12.3. The normalized spacial score (nSPS) is 13.5. The van der Waals surface area contributed by atoms with Gasteiger partial charge in [0.25, 0.3) is 0 Å². The molecule has 0 spiro atoms. The molecule has 0 fully saturated rings. The molecule has 0 radical (unpaired) electrons. The van der Waals surface area contributed by atoms with E-state index >= 15 is 0 Å². The highest BCUT2D eigenvalue weighted by Gasteiger charge is 2.17. The highest BCUT2D eigenvalue weighted by atomic mass is 16.3. The van der Waals surface area contributed by atoms with Crippen LogP contribution in [0.5, 0.6) is 0 Å². The summed E-state index contributed by atoms with van der Waals surface area (Å²) in [5.74, 6) is -0.0841. The Morgan fingerprint density at radius 1 is 0.489 bits per heavy atom. The second kappa shape index (κ2) is 38.8.